The molecular formula is C26H34N4O5. The predicted molar refractivity (Wildman–Crippen MR) is 134 cm³/mol. The second-order valence-electron chi connectivity index (χ2n) is 9.67. The van der Waals surface area contributed by atoms with Gasteiger partial charge in [0.05, 0.1) is 12.0 Å². The Morgan fingerprint density at radius 2 is 1.77 bits per heavy atom. The number of nitro benzene ring substituents is 1. The molecule has 188 valence electrons. The fourth-order valence-corrected chi connectivity index (χ4v) is 4.53. The van der Waals surface area contributed by atoms with Gasteiger partial charge in [0.2, 0.25) is 11.8 Å². The number of rotatable bonds is 7. The van der Waals surface area contributed by atoms with Gasteiger partial charge in [-0.2, -0.15) is 0 Å². The van der Waals surface area contributed by atoms with Crippen molar-refractivity contribution in [1.82, 2.24) is 10.2 Å². The maximum Gasteiger partial charge on any atom is 0.269 e. The van der Waals surface area contributed by atoms with E-state index in [9.17, 15) is 19.7 Å². The lowest BCUT2D eigenvalue weighted by atomic mass is 9.99. The van der Waals surface area contributed by atoms with Crippen LogP contribution in [0.4, 0.5) is 11.4 Å². The van der Waals surface area contributed by atoms with Gasteiger partial charge in [-0.05, 0) is 57.9 Å². The first-order chi connectivity index (χ1) is 16.5. The highest BCUT2D eigenvalue weighted by Gasteiger charge is 2.43. The van der Waals surface area contributed by atoms with Crippen molar-refractivity contribution in [2.24, 2.45) is 0 Å². The van der Waals surface area contributed by atoms with E-state index in [2.05, 4.69) is 5.32 Å². The highest BCUT2D eigenvalue weighted by Crippen LogP contribution is 2.40. The SMILES string of the molecule is CC[C@H]1C(=O)N(Cc2ccc(OC)cc2)[C@@H](C(=O)NC(C)(C)C)c2cc([N+](=O)[O-])ccc2N1CC. The third-order valence-corrected chi connectivity index (χ3v) is 6.07. The second kappa shape index (κ2) is 10.3. The Morgan fingerprint density at radius 1 is 1.11 bits per heavy atom. The Morgan fingerprint density at radius 3 is 2.29 bits per heavy atom. The van der Waals surface area contributed by atoms with E-state index >= 15 is 0 Å². The van der Waals surface area contributed by atoms with E-state index in [1.165, 1.54) is 12.1 Å². The quantitative estimate of drug-likeness (QED) is 0.468. The molecule has 9 nitrogen and oxygen atoms in total. The highest BCUT2D eigenvalue weighted by atomic mass is 16.6. The molecule has 0 bridgehead atoms. The molecule has 2 aromatic carbocycles. The van der Waals surface area contributed by atoms with Crippen LogP contribution in [0.3, 0.4) is 0 Å². The molecule has 1 N–H and O–H groups in total. The first-order valence-corrected chi connectivity index (χ1v) is 11.8. The number of methoxy groups -OCH3 is 1. The molecule has 3 rings (SSSR count). The monoisotopic (exact) mass is 482 g/mol. The normalized spacial score (nSPS) is 18.1. The van der Waals surface area contributed by atoms with Gasteiger partial charge in [0.25, 0.3) is 5.69 Å². The van der Waals surface area contributed by atoms with Gasteiger partial charge in [-0.15, -0.1) is 0 Å². The van der Waals surface area contributed by atoms with Crippen LogP contribution in [0.1, 0.15) is 58.2 Å². The van der Waals surface area contributed by atoms with Gasteiger partial charge < -0.3 is 19.9 Å². The lowest BCUT2D eigenvalue weighted by Crippen LogP contribution is -2.51. The highest BCUT2D eigenvalue weighted by molar-refractivity contribution is 5.96. The molecule has 0 aromatic heterocycles. The minimum Gasteiger partial charge on any atom is -0.497 e. The van der Waals surface area contributed by atoms with E-state index in [-0.39, 0.29) is 24.0 Å². The Kier molecular flexibility index (Phi) is 7.67. The van der Waals surface area contributed by atoms with E-state index in [1.54, 1.807) is 30.2 Å². The van der Waals surface area contributed by atoms with Crippen molar-refractivity contribution < 1.29 is 19.2 Å². The summed E-state index contributed by atoms with van der Waals surface area (Å²) in [4.78, 5) is 42.4. The van der Waals surface area contributed by atoms with Crippen LogP contribution in [0.5, 0.6) is 5.75 Å². The molecule has 1 aliphatic heterocycles. The number of anilines is 1. The lowest BCUT2D eigenvalue weighted by molar-refractivity contribution is -0.384. The molecule has 0 aliphatic carbocycles. The maximum atomic E-state index is 14.0. The zero-order valence-corrected chi connectivity index (χ0v) is 21.2. The van der Waals surface area contributed by atoms with E-state index < -0.39 is 22.5 Å². The van der Waals surface area contributed by atoms with Crippen molar-refractivity contribution in [1.29, 1.82) is 0 Å². The summed E-state index contributed by atoms with van der Waals surface area (Å²) < 4.78 is 5.24. The topological polar surface area (TPSA) is 105 Å². The number of benzene rings is 2. The van der Waals surface area contributed by atoms with Crippen molar-refractivity contribution in [2.75, 3.05) is 18.6 Å². The number of non-ortho nitro benzene ring substituents is 1. The zero-order valence-electron chi connectivity index (χ0n) is 21.2. The third kappa shape index (κ3) is 5.55. The van der Waals surface area contributed by atoms with E-state index in [0.717, 1.165) is 5.56 Å². The van der Waals surface area contributed by atoms with Crippen LogP contribution in [0.15, 0.2) is 42.5 Å². The van der Waals surface area contributed by atoms with Crippen LogP contribution in [0.25, 0.3) is 0 Å². The van der Waals surface area contributed by atoms with Crippen LogP contribution in [0, 0.1) is 10.1 Å². The van der Waals surface area contributed by atoms with Crippen molar-refractivity contribution >= 4 is 23.2 Å². The number of hydrogen-bond donors (Lipinski definition) is 1. The third-order valence-electron chi connectivity index (χ3n) is 6.07. The van der Waals surface area contributed by atoms with Crippen LogP contribution in [-0.2, 0) is 16.1 Å². The Balaban J connectivity index is 2.24. The second-order valence-corrected chi connectivity index (χ2v) is 9.67. The number of nitrogens with zero attached hydrogens (tertiary/aromatic N) is 3. The maximum absolute atomic E-state index is 14.0. The predicted octanol–water partition coefficient (Wildman–Crippen LogP) is 4.21. The van der Waals surface area contributed by atoms with Gasteiger partial charge in [-0.1, -0.05) is 19.1 Å². The average Bonchev–Trinajstić information content (AvgIpc) is 2.90. The first-order valence-electron chi connectivity index (χ1n) is 11.8. The minimum absolute atomic E-state index is 0.125. The minimum atomic E-state index is -1.04. The van der Waals surface area contributed by atoms with Gasteiger partial charge in [-0.25, -0.2) is 0 Å². The largest absolute Gasteiger partial charge is 0.497 e. The summed E-state index contributed by atoms with van der Waals surface area (Å²) in [5.41, 5.74) is 1.23. The molecule has 2 atom stereocenters. The molecule has 0 radical (unpaired) electrons. The van der Waals surface area contributed by atoms with Crippen LogP contribution in [0.2, 0.25) is 0 Å². The molecule has 0 saturated carbocycles. The summed E-state index contributed by atoms with van der Waals surface area (Å²) in [7, 11) is 1.58. The van der Waals surface area contributed by atoms with Gasteiger partial charge >= 0.3 is 0 Å². The number of likely N-dealkylation sites (N-methyl/N-ethyl adjacent to an activating group) is 1. The van der Waals surface area contributed by atoms with Gasteiger partial charge in [0.1, 0.15) is 17.8 Å². The summed E-state index contributed by atoms with van der Waals surface area (Å²) in [5, 5.41) is 14.6. The average molecular weight is 483 g/mol. The van der Waals surface area contributed by atoms with Gasteiger partial charge in [0, 0.05) is 42.0 Å². The van der Waals surface area contributed by atoms with E-state index in [1.807, 2.05) is 51.7 Å². The summed E-state index contributed by atoms with van der Waals surface area (Å²) in [5.74, 6) is 0.106. The smallest absolute Gasteiger partial charge is 0.269 e. The molecule has 0 spiro atoms. The number of carbonyl (C=O) groups is 2. The molecule has 0 unspecified atom stereocenters. The first kappa shape index (κ1) is 26.0. The molecule has 2 amide bonds. The Hall–Kier alpha value is -3.62. The van der Waals surface area contributed by atoms with Crippen LogP contribution >= 0.6 is 0 Å². The number of nitro groups is 1. The van der Waals surface area contributed by atoms with Crippen molar-refractivity contribution in [3.8, 4) is 5.75 Å². The summed E-state index contributed by atoms with van der Waals surface area (Å²) in [6.45, 7) is 10.1. The number of carbonyl (C=O) groups excluding carboxylic acids is 2. The molecule has 0 fully saturated rings. The Bertz CT molecular complexity index is 1090. The number of ether oxygens (including phenoxy) is 1. The summed E-state index contributed by atoms with van der Waals surface area (Å²) >= 11 is 0. The molecule has 0 saturated heterocycles. The van der Waals surface area contributed by atoms with Crippen LogP contribution in [-0.4, -0.2) is 46.9 Å². The molecule has 1 aliphatic rings. The molecule has 9 heteroatoms. The number of hydrogen-bond acceptors (Lipinski definition) is 6. The lowest BCUT2D eigenvalue weighted by Gasteiger charge is -2.34. The zero-order chi connectivity index (χ0) is 25.9. The fraction of sp³-hybridized carbons (Fsp3) is 0.462. The summed E-state index contributed by atoms with van der Waals surface area (Å²) in [6.07, 6.45) is 0.524. The van der Waals surface area contributed by atoms with Crippen LogP contribution < -0.4 is 15.0 Å². The van der Waals surface area contributed by atoms with Gasteiger partial charge in [-0.3, -0.25) is 19.7 Å². The van der Waals surface area contributed by atoms with E-state index in [0.29, 0.717) is 30.0 Å². The molecular weight excluding hydrogens is 448 g/mol. The summed E-state index contributed by atoms with van der Waals surface area (Å²) in [6, 6.07) is 10.3. The molecule has 35 heavy (non-hydrogen) atoms. The van der Waals surface area contributed by atoms with Crippen molar-refractivity contribution in [3.63, 3.8) is 0 Å². The van der Waals surface area contributed by atoms with Crippen molar-refractivity contribution in [3.05, 3.63) is 63.7 Å². The van der Waals surface area contributed by atoms with Gasteiger partial charge in [0.15, 0.2) is 0 Å². The molecule has 1 heterocycles. The number of nitrogens with one attached hydrogen (secondary N) is 1. The van der Waals surface area contributed by atoms with Crippen molar-refractivity contribution in [2.45, 2.75) is 65.2 Å². The fourth-order valence-electron chi connectivity index (χ4n) is 4.53. The number of amides is 2. The van der Waals surface area contributed by atoms with E-state index in [4.69, 9.17) is 4.74 Å². The number of fused-ring (bicyclic) bond motifs is 1. The standard InChI is InChI=1S/C26H34N4O5/c1-7-21-25(32)29(16-17-9-12-19(35-6)13-10-17)23(24(31)27-26(3,4)5)20-15-18(30(33)34)11-14-22(20)28(21)8-2/h9-15,21,23H,7-8,16H2,1-6H3,(H,27,31)/t21-,23+/m0/s1. The Labute approximate surface area is 206 Å². The molecule has 2 aromatic rings.